The van der Waals surface area contributed by atoms with E-state index < -0.39 is 12.1 Å². The average molecular weight is 415 g/mol. The number of aliphatic hydroxyl groups is 1. The fourth-order valence-electron chi connectivity index (χ4n) is 2.91. The number of rotatable bonds is 12. The Labute approximate surface area is 177 Å². The summed E-state index contributed by atoms with van der Waals surface area (Å²) < 4.78 is 15.5. The number of carbonyl (C=O) groups excluding carboxylic acids is 2. The third kappa shape index (κ3) is 6.86. The van der Waals surface area contributed by atoms with Crippen molar-refractivity contribution in [2.24, 2.45) is 0 Å². The molecule has 0 fully saturated rings. The van der Waals surface area contributed by atoms with Crippen LogP contribution in [0.2, 0.25) is 0 Å². The van der Waals surface area contributed by atoms with Gasteiger partial charge in [-0.3, -0.25) is 4.79 Å². The maximum Gasteiger partial charge on any atom is 0.344 e. The smallest absolute Gasteiger partial charge is 0.344 e. The Balaban J connectivity index is 1.88. The fourth-order valence-corrected chi connectivity index (χ4v) is 2.91. The maximum atomic E-state index is 12.5. The Hall–Kier alpha value is -2.90. The third-order valence-corrected chi connectivity index (χ3v) is 4.57. The third-order valence-electron chi connectivity index (χ3n) is 4.57. The molecule has 162 valence electrons. The molecule has 2 atom stereocenters. The van der Waals surface area contributed by atoms with Crippen molar-refractivity contribution in [3.63, 3.8) is 0 Å². The van der Waals surface area contributed by atoms with Gasteiger partial charge >= 0.3 is 5.97 Å². The highest BCUT2D eigenvalue weighted by molar-refractivity contribution is 5.96. The summed E-state index contributed by atoms with van der Waals surface area (Å²) in [5.41, 5.74) is 1.31. The van der Waals surface area contributed by atoms with Gasteiger partial charge in [-0.05, 0) is 37.6 Å². The minimum atomic E-state index is -0.655. The highest BCUT2D eigenvalue weighted by atomic mass is 16.6. The summed E-state index contributed by atoms with van der Waals surface area (Å²) in [7, 11) is 1.47. The quantitative estimate of drug-likeness (QED) is 0.407. The van der Waals surface area contributed by atoms with Crippen LogP contribution in [0, 0.1) is 0 Å². The van der Waals surface area contributed by atoms with Gasteiger partial charge in [0.1, 0.15) is 0 Å². The van der Waals surface area contributed by atoms with Crippen LogP contribution in [0.25, 0.3) is 0 Å². The van der Waals surface area contributed by atoms with Crippen LogP contribution in [-0.2, 0) is 9.53 Å². The molecule has 2 aromatic carbocycles. The molecule has 0 aromatic heterocycles. The highest BCUT2D eigenvalue weighted by Gasteiger charge is 2.17. The molecule has 30 heavy (non-hydrogen) atoms. The molecule has 7 nitrogen and oxygen atoms in total. The van der Waals surface area contributed by atoms with Crippen molar-refractivity contribution in [1.82, 2.24) is 5.32 Å². The van der Waals surface area contributed by atoms with Crippen LogP contribution in [0.5, 0.6) is 11.5 Å². The van der Waals surface area contributed by atoms with Crippen molar-refractivity contribution in [3.05, 3.63) is 59.7 Å². The Morgan fingerprint density at radius 2 is 1.83 bits per heavy atom. The zero-order valence-corrected chi connectivity index (χ0v) is 17.6. The van der Waals surface area contributed by atoms with Crippen molar-refractivity contribution >= 4 is 11.8 Å². The zero-order chi connectivity index (χ0) is 21.9. The summed E-state index contributed by atoms with van der Waals surface area (Å²) in [5.74, 6) is 0.183. The van der Waals surface area contributed by atoms with Gasteiger partial charge in [0.05, 0.1) is 19.8 Å². The Morgan fingerprint density at radius 3 is 2.50 bits per heavy atom. The van der Waals surface area contributed by atoms with E-state index in [1.54, 1.807) is 25.1 Å². The lowest BCUT2D eigenvalue weighted by Gasteiger charge is -2.20. The molecular formula is C23H29NO6. The number of methoxy groups -OCH3 is 1. The lowest BCUT2D eigenvalue weighted by atomic mass is 10.0. The van der Waals surface area contributed by atoms with Gasteiger partial charge in [0.15, 0.2) is 23.9 Å². The molecule has 2 unspecified atom stereocenters. The summed E-state index contributed by atoms with van der Waals surface area (Å²) >= 11 is 0. The van der Waals surface area contributed by atoms with Crippen molar-refractivity contribution in [1.29, 1.82) is 0 Å². The number of nitrogens with one attached hydrogen (secondary N) is 1. The Kier molecular flexibility index (Phi) is 9.31. The van der Waals surface area contributed by atoms with Gasteiger partial charge in [-0.25, -0.2) is 4.79 Å². The Bertz CT molecular complexity index is 824. The number of hydrogen-bond donors (Lipinski definition) is 2. The summed E-state index contributed by atoms with van der Waals surface area (Å²) in [6.45, 7) is 4.07. The fraction of sp³-hybridized carbons (Fsp3) is 0.391. The largest absolute Gasteiger partial charge is 0.493 e. The molecular weight excluding hydrogens is 386 g/mol. The lowest BCUT2D eigenvalue weighted by Crippen LogP contribution is -2.33. The number of Topliss-reactive ketones (excluding diaryl/α,β-unsaturated/α-hetero) is 1. The van der Waals surface area contributed by atoms with Crippen LogP contribution in [0.3, 0.4) is 0 Å². The van der Waals surface area contributed by atoms with Crippen LogP contribution in [0.1, 0.15) is 42.3 Å². The van der Waals surface area contributed by atoms with Crippen LogP contribution in [0.15, 0.2) is 48.5 Å². The van der Waals surface area contributed by atoms with Crippen molar-refractivity contribution in [3.8, 4) is 11.5 Å². The van der Waals surface area contributed by atoms with E-state index in [0.717, 1.165) is 5.56 Å². The highest BCUT2D eigenvalue weighted by Crippen LogP contribution is 2.28. The molecule has 0 radical (unpaired) electrons. The van der Waals surface area contributed by atoms with Crippen molar-refractivity contribution in [2.45, 2.75) is 32.4 Å². The number of aliphatic hydroxyl groups excluding tert-OH is 1. The first-order valence-electron chi connectivity index (χ1n) is 9.92. The summed E-state index contributed by atoms with van der Waals surface area (Å²) in [4.78, 5) is 24.0. The first-order valence-corrected chi connectivity index (χ1v) is 9.92. The minimum Gasteiger partial charge on any atom is -0.493 e. The second kappa shape index (κ2) is 11.9. The molecule has 0 saturated carbocycles. The van der Waals surface area contributed by atoms with Crippen LogP contribution < -0.4 is 14.8 Å². The zero-order valence-electron chi connectivity index (χ0n) is 17.6. The van der Waals surface area contributed by atoms with Gasteiger partial charge in [-0.15, -0.1) is 0 Å². The molecule has 0 saturated heterocycles. The number of hydrogen-bond acceptors (Lipinski definition) is 7. The lowest BCUT2D eigenvalue weighted by molar-refractivity contribution is -0.145. The molecule has 0 bridgehead atoms. The van der Waals surface area contributed by atoms with Crippen LogP contribution in [0.4, 0.5) is 0 Å². The molecule has 0 aliphatic carbocycles. The standard InChI is InChI=1S/C23H29NO6/c1-4-29-22(26)15-30-20-11-10-18(14-21(20)28-3)19(25)12-13-24-16(2)23(27)17-8-6-5-7-9-17/h5-11,14,16,23-24,27H,4,12-13,15H2,1-3H3. The predicted octanol–water partition coefficient (Wildman–Crippen LogP) is 2.92. The normalized spacial score (nSPS) is 12.7. The summed E-state index contributed by atoms with van der Waals surface area (Å²) in [6.07, 6.45) is -0.393. The first-order chi connectivity index (χ1) is 14.5. The van der Waals surface area contributed by atoms with E-state index >= 15 is 0 Å². The van der Waals surface area contributed by atoms with Crippen molar-refractivity contribution in [2.75, 3.05) is 26.9 Å². The molecule has 0 spiro atoms. The van der Waals surface area contributed by atoms with Gasteiger partial charge in [0.2, 0.25) is 0 Å². The SMILES string of the molecule is CCOC(=O)COc1ccc(C(=O)CCNC(C)C(O)c2ccccc2)cc1OC. The molecule has 2 rings (SSSR count). The molecule has 7 heteroatoms. The monoisotopic (exact) mass is 415 g/mol. The second-order valence-electron chi connectivity index (χ2n) is 6.73. The van der Waals surface area contributed by atoms with Gasteiger partial charge in [-0.2, -0.15) is 0 Å². The molecule has 0 heterocycles. The van der Waals surface area contributed by atoms with Crippen LogP contribution in [-0.4, -0.2) is 49.8 Å². The minimum absolute atomic E-state index is 0.0702. The van der Waals surface area contributed by atoms with E-state index in [1.807, 2.05) is 37.3 Å². The van der Waals surface area contributed by atoms with Gasteiger partial charge < -0.3 is 24.6 Å². The Morgan fingerprint density at radius 1 is 1.10 bits per heavy atom. The van der Waals surface area contributed by atoms with E-state index in [2.05, 4.69) is 5.32 Å². The van der Waals surface area contributed by atoms with Gasteiger partial charge in [0, 0.05) is 24.6 Å². The molecule has 0 aliphatic heterocycles. The number of esters is 1. The maximum absolute atomic E-state index is 12.5. The van der Waals surface area contributed by atoms with Gasteiger partial charge in [-0.1, -0.05) is 30.3 Å². The average Bonchev–Trinajstić information content (AvgIpc) is 2.77. The molecule has 0 amide bonds. The number of benzene rings is 2. The van der Waals surface area contributed by atoms with Gasteiger partial charge in [0.25, 0.3) is 0 Å². The van der Waals surface area contributed by atoms with E-state index in [1.165, 1.54) is 7.11 Å². The molecule has 2 aromatic rings. The van der Waals surface area contributed by atoms with Crippen LogP contribution >= 0.6 is 0 Å². The number of carbonyl (C=O) groups is 2. The molecule has 2 N–H and O–H groups in total. The van der Waals surface area contributed by atoms with E-state index in [4.69, 9.17) is 14.2 Å². The topological polar surface area (TPSA) is 94.1 Å². The summed E-state index contributed by atoms with van der Waals surface area (Å²) in [5, 5.41) is 13.6. The first kappa shape index (κ1) is 23.4. The molecule has 0 aliphatic rings. The number of ketones is 1. The summed E-state index contributed by atoms with van der Waals surface area (Å²) in [6, 6.07) is 14.0. The second-order valence-corrected chi connectivity index (χ2v) is 6.73. The predicted molar refractivity (Wildman–Crippen MR) is 113 cm³/mol. The van der Waals surface area contributed by atoms with Crippen molar-refractivity contribution < 1.29 is 28.9 Å². The van der Waals surface area contributed by atoms with E-state index in [-0.39, 0.29) is 31.5 Å². The number of ether oxygens (including phenoxy) is 3. The van der Waals surface area contributed by atoms with E-state index in [0.29, 0.717) is 23.6 Å². The van der Waals surface area contributed by atoms with E-state index in [9.17, 15) is 14.7 Å².